The summed E-state index contributed by atoms with van der Waals surface area (Å²) in [5.41, 5.74) is 8.81. The predicted molar refractivity (Wildman–Crippen MR) is 74.6 cm³/mol. The molecule has 3 heteroatoms. The Balaban J connectivity index is 1.94. The number of nitrogens with zero attached hydrogens (tertiary/aromatic N) is 1. The summed E-state index contributed by atoms with van der Waals surface area (Å²) in [6, 6.07) is 11.5. The lowest BCUT2D eigenvalue weighted by Crippen LogP contribution is -2.18. The van der Waals surface area contributed by atoms with Crippen LogP contribution in [0.5, 0.6) is 0 Å². The predicted octanol–water partition coefficient (Wildman–Crippen LogP) is 2.37. The molecule has 0 saturated carbocycles. The zero-order chi connectivity index (χ0) is 13.0. The van der Waals surface area contributed by atoms with Crippen LogP contribution in [0.1, 0.15) is 17.5 Å². The first kappa shape index (κ1) is 12.4. The Morgan fingerprint density at radius 3 is 2.78 bits per heavy atom. The minimum atomic E-state index is 0.0718. The second-order valence-electron chi connectivity index (χ2n) is 4.58. The van der Waals surface area contributed by atoms with Crippen LogP contribution >= 0.6 is 0 Å². The van der Waals surface area contributed by atoms with Crippen LogP contribution in [0.15, 0.2) is 47.4 Å². The van der Waals surface area contributed by atoms with Gasteiger partial charge in [-0.05, 0) is 49.1 Å². The van der Waals surface area contributed by atoms with Crippen LogP contribution < -0.4 is 11.3 Å². The fourth-order valence-corrected chi connectivity index (χ4v) is 1.99. The Morgan fingerprint density at radius 2 is 2.06 bits per heavy atom. The van der Waals surface area contributed by atoms with Crippen molar-refractivity contribution in [2.24, 2.45) is 0 Å². The highest BCUT2D eigenvalue weighted by atomic mass is 16.1. The first-order chi connectivity index (χ1) is 8.65. The molecule has 1 heterocycles. The van der Waals surface area contributed by atoms with Gasteiger partial charge in [-0.15, -0.1) is 0 Å². The third-order valence-corrected chi connectivity index (χ3v) is 2.97. The summed E-state index contributed by atoms with van der Waals surface area (Å²) in [7, 11) is 0. The third-order valence-electron chi connectivity index (χ3n) is 2.97. The van der Waals surface area contributed by atoms with E-state index < -0.39 is 0 Å². The highest BCUT2D eigenvalue weighted by Crippen LogP contribution is 2.09. The summed E-state index contributed by atoms with van der Waals surface area (Å²) >= 11 is 0. The maximum atomic E-state index is 11.7. The Bertz CT molecular complexity index is 587. The zero-order valence-corrected chi connectivity index (χ0v) is 10.6. The monoisotopic (exact) mass is 242 g/mol. The van der Waals surface area contributed by atoms with Gasteiger partial charge in [0.25, 0.3) is 5.56 Å². The van der Waals surface area contributed by atoms with Crippen LogP contribution in [0, 0.1) is 6.92 Å². The van der Waals surface area contributed by atoms with Gasteiger partial charge >= 0.3 is 0 Å². The van der Waals surface area contributed by atoms with E-state index in [4.69, 9.17) is 5.73 Å². The van der Waals surface area contributed by atoms with Crippen molar-refractivity contribution in [2.75, 3.05) is 5.73 Å². The highest BCUT2D eigenvalue weighted by molar-refractivity contribution is 5.40. The van der Waals surface area contributed by atoms with E-state index >= 15 is 0 Å². The Kier molecular flexibility index (Phi) is 3.82. The van der Waals surface area contributed by atoms with Crippen molar-refractivity contribution in [1.82, 2.24) is 4.57 Å². The summed E-state index contributed by atoms with van der Waals surface area (Å²) in [4.78, 5) is 11.7. The summed E-state index contributed by atoms with van der Waals surface area (Å²) in [6.07, 6.45) is 3.73. The number of aromatic nitrogens is 1. The number of pyridine rings is 1. The van der Waals surface area contributed by atoms with Crippen LogP contribution in [-0.4, -0.2) is 4.57 Å². The van der Waals surface area contributed by atoms with Crippen LogP contribution in [0.25, 0.3) is 0 Å². The molecule has 1 aromatic carbocycles. The third kappa shape index (κ3) is 3.23. The smallest absolute Gasteiger partial charge is 0.250 e. The largest absolute Gasteiger partial charge is 0.399 e. The molecule has 0 saturated heterocycles. The van der Waals surface area contributed by atoms with E-state index in [-0.39, 0.29) is 5.56 Å². The quantitative estimate of drug-likeness (QED) is 0.837. The molecule has 0 unspecified atom stereocenters. The number of rotatable bonds is 4. The van der Waals surface area contributed by atoms with E-state index in [0.29, 0.717) is 0 Å². The molecule has 0 spiro atoms. The van der Waals surface area contributed by atoms with Crippen LogP contribution in [0.4, 0.5) is 5.69 Å². The molecule has 0 radical (unpaired) electrons. The van der Waals surface area contributed by atoms with Gasteiger partial charge in [0, 0.05) is 24.5 Å². The minimum absolute atomic E-state index is 0.0718. The van der Waals surface area contributed by atoms with Gasteiger partial charge in [0.15, 0.2) is 0 Å². The van der Waals surface area contributed by atoms with Gasteiger partial charge < -0.3 is 10.3 Å². The van der Waals surface area contributed by atoms with Gasteiger partial charge in [-0.1, -0.05) is 12.1 Å². The molecule has 94 valence electrons. The van der Waals surface area contributed by atoms with Gasteiger partial charge in [-0.2, -0.15) is 0 Å². The molecule has 1 aromatic heterocycles. The molecule has 0 atom stereocenters. The van der Waals surface area contributed by atoms with Gasteiger partial charge in [-0.25, -0.2) is 0 Å². The maximum Gasteiger partial charge on any atom is 0.250 e. The van der Waals surface area contributed by atoms with E-state index in [1.165, 1.54) is 5.56 Å². The molecule has 0 aliphatic carbocycles. The highest BCUT2D eigenvalue weighted by Gasteiger charge is 1.98. The Morgan fingerprint density at radius 1 is 1.22 bits per heavy atom. The van der Waals surface area contributed by atoms with Crippen LogP contribution in [0.3, 0.4) is 0 Å². The Labute approximate surface area is 107 Å². The number of hydrogen-bond donors (Lipinski definition) is 1. The number of aryl methyl sites for hydroxylation is 3. The number of nitrogen functional groups attached to an aromatic ring is 1. The zero-order valence-electron chi connectivity index (χ0n) is 10.6. The summed E-state index contributed by atoms with van der Waals surface area (Å²) in [5.74, 6) is 0. The van der Waals surface area contributed by atoms with Crippen molar-refractivity contribution < 1.29 is 0 Å². The molecule has 0 bridgehead atoms. The molecule has 2 N–H and O–H groups in total. The normalized spacial score (nSPS) is 10.5. The van der Waals surface area contributed by atoms with Crippen LogP contribution in [-0.2, 0) is 13.0 Å². The van der Waals surface area contributed by atoms with Crippen molar-refractivity contribution in [3.8, 4) is 0 Å². The van der Waals surface area contributed by atoms with E-state index in [1.807, 2.05) is 37.4 Å². The number of anilines is 1. The lowest BCUT2D eigenvalue weighted by Gasteiger charge is -2.06. The number of benzene rings is 1. The van der Waals surface area contributed by atoms with E-state index in [2.05, 4.69) is 6.07 Å². The van der Waals surface area contributed by atoms with Gasteiger partial charge in [0.2, 0.25) is 0 Å². The van der Waals surface area contributed by atoms with E-state index in [0.717, 1.165) is 30.6 Å². The molecule has 0 amide bonds. The first-order valence-corrected chi connectivity index (χ1v) is 6.17. The number of hydrogen-bond acceptors (Lipinski definition) is 2. The maximum absolute atomic E-state index is 11.7. The van der Waals surface area contributed by atoms with Crippen molar-refractivity contribution in [1.29, 1.82) is 0 Å². The van der Waals surface area contributed by atoms with Gasteiger partial charge in [-0.3, -0.25) is 4.79 Å². The molecule has 2 rings (SSSR count). The van der Waals surface area contributed by atoms with Crippen LogP contribution in [0.2, 0.25) is 0 Å². The SMILES string of the molecule is Cc1ccn(CCCc2cccc(N)c2)c(=O)c1. The van der Waals surface area contributed by atoms with E-state index in [1.54, 1.807) is 10.6 Å². The first-order valence-electron chi connectivity index (χ1n) is 6.17. The minimum Gasteiger partial charge on any atom is -0.399 e. The molecule has 18 heavy (non-hydrogen) atoms. The fourth-order valence-electron chi connectivity index (χ4n) is 1.99. The average Bonchev–Trinajstić information content (AvgIpc) is 2.32. The molecule has 0 aliphatic rings. The molecular formula is C15H18N2O. The lowest BCUT2D eigenvalue weighted by atomic mass is 10.1. The molecular weight excluding hydrogens is 224 g/mol. The molecule has 0 fully saturated rings. The topological polar surface area (TPSA) is 48.0 Å². The summed E-state index contributed by atoms with van der Waals surface area (Å²) in [5, 5.41) is 0. The second kappa shape index (κ2) is 5.54. The second-order valence-corrected chi connectivity index (χ2v) is 4.58. The van der Waals surface area contributed by atoms with Crippen molar-refractivity contribution in [3.63, 3.8) is 0 Å². The van der Waals surface area contributed by atoms with Crippen molar-refractivity contribution in [3.05, 3.63) is 64.1 Å². The summed E-state index contributed by atoms with van der Waals surface area (Å²) in [6.45, 7) is 2.67. The van der Waals surface area contributed by atoms with Crippen molar-refractivity contribution >= 4 is 5.69 Å². The lowest BCUT2D eigenvalue weighted by molar-refractivity contribution is 0.621. The molecule has 3 nitrogen and oxygen atoms in total. The van der Waals surface area contributed by atoms with Gasteiger partial charge in [0.05, 0.1) is 0 Å². The standard InChI is InChI=1S/C15H18N2O/c1-12-7-9-17(15(18)10-12)8-3-5-13-4-2-6-14(16)11-13/h2,4,6-7,9-11H,3,5,8,16H2,1H3. The van der Waals surface area contributed by atoms with Crippen molar-refractivity contribution in [2.45, 2.75) is 26.3 Å². The van der Waals surface area contributed by atoms with E-state index in [9.17, 15) is 4.79 Å². The molecule has 0 aliphatic heterocycles. The van der Waals surface area contributed by atoms with Gasteiger partial charge in [0.1, 0.15) is 0 Å². The molecule has 2 aromatic rings. The number of nitrogens with two attached hydrogens (primary N) is 1. The average molecular weight is 242 g/mol. The fraction of sp³-hybridized carbons (Fsp3) is 0.267. The Hall–Kier alpha value is -2.03. The summed E-state index contributed by atoms with van der Waals surface area (Å²) < 4.78 is 1.75.